The summed E-state index contributed by atoms with van der Waals surface area (Å²) in [6.07, 6.45) is 0.924. The lowest BCUT2D eigenvalue weighted by Gasteiger charge is -2.28. The summed E-state index contributed by atoms with van der Waals surface area (Å²) in [4.78, 5) is 2.45. The molecular formula is C15H24N2O. The second-order valence-electron chi connectivity index (χ2n) is 5.82. The molecule has 0 amide bonds. The van der Waals surface area contributed by atoms with E-state index in [2.05, 4.69) is 43.0 Å². The van der Waals surface area contributed by atoms with Crippen molar-refractivity contribution in [3.63, 3.8) is 0 Å². The maximum Gasteiger partial charge on any atom is 0.0594 e. The van der Waals surface area contributed by atoms with Gasteiger partial charge in [0, 0.05) is 25.2 Å². The van der Waals surface area contributed by atoms with Gasteiger partial charge in [0.2, 0.25) is 0 Å². The average Bonchev–Trinajstić information content (AvgIpc) is 2.31. The molecule has 2 rings (SSSR count). The first-order valence-electron chi connectivity index (χ1n) is 6.70. The molecule has 0 atom stereocenters. The summed E-state index contributed by atoms with van der Waals surface area (Å²) in [5.41, 5.74) is 8.76. The van der Waals surface area contributed by atoms with Crippen molar-refractivity contribution in [2.45, 2.75) is 32.4 Å². The van der Waals surface area contributed by atoms with Gasteiger partial charge < -0.3 is 10.5 Å². The number of nitrogens with two attached hydrogens (primary N) is 1. The molecule has 0 spiro atoms. The van der Waals surface area contributed by atoms with Crippen LogP contribution in [-0.4, -0.2) is 36.7 Å². The molecule has 0 radical (unpaired) electrons. The van der Waals surface area contributed by atoms with Gasteiger partial charge in [-0.05, 0) is 31.4 Å². The Balaban J connectivity index is 2.06. The largest absolute Gasteiger partial charge is 0.379 e. The van der Waals surface area contributed by atoms with Crippen LogP contribution in [0.15, 0.2) is 24.3 Å². The highest BCUT2D eigenvalue weighted by Gasteiger charge is 2.16. The van der Waals surface area contributed by atoms with Crippen LogP contribution < -0.4 is 5.73 Å². The third-order valence-electron chi connectivity index (χ3n) is 3.26. The Bertz CT molecular complexity index is 378. The van der Waals surface area contributed by atoms with Crippen molar-refractivity contribution in [3.8, 4) is 0 Å². The lowest BCUT2D eigenvalue weighted by Crippen LogP contribution is -2.37. The number of hydrogen-bond donors (Lipinski definition) is 1. The zero-order valence-electron chi connectivity index (χ0n) is 11.5. The van der Waals surface area contributed by atoms with E-state index in [4.69, 9.17) is 10.5 Å². The molecule has 1 aromatic rings. The highest BCUT2D eigenvalue weighted by molar-refractivity contribution is 5.28. The van der Waals surface area contributed by atoms with Gasteiger partial charge in [0.25, 0.3) is 0 Å². The highest BCUT2D eigenvalue weighted by atomic mass is 16.5. The normalized spacial score (nSPS) is 17.9. The molecule has 1 aromatic carbocycles. The molecule has 1 fully saturated rings. The Morgan fingerprint density at radius 1 is 1.17 bits per heavy atom. The summed E-state index contributed by atoms with van der Waals surface area (Å²) < 4.78 is 5.39. The molecule has 18 heavy (non-hydrogen) atoms. The zero-order chi connectivity index (χ0) is 13.0. The minimum absolute atomic E-state index is 0.152. The number of hydrogen-bond acceptors (Lipinski definition) is 3. The molecule has 0 aliphatic carbocycles. The molecule has 0 bridgehead atoms. The zero-order valence-corrected chi connectivity index (χ0v) is 11.5. The van der Waals surface area contributed by atoms with Gasteiger partial charge in [0.15, 0.2) is 0 Å². The maximum absolute atomic E-state index is 6.14. The maximum atomic E-state index is 6.14. The van der Waals surface area contributed by atoms with Crippen molar-refractivity contribution in [1.82, 2.24) is 4.90 Å². The number of benzene rings is 1. The van der Waals surface area contributed by atoms with Crippen molar-refractivity contribution in [2.75, 3.05) is 26.3 Å². The standard InChI is InChI=1S/C15H24N2O/c1-15(2,16)11-13-5-3-4-6-14(13)12-17-7-9-18-10-8-17/h3-6H,7-12,16H2,1-2H3. The molecule has 0 saturated carbocycles. The van der Waals surface area contributed by atoms with E-state index in [-0.39, 0.29) is 5.54 Å². The summed E-state index contributed by atoms with van der Waals surface area (Å²) in [5.74, 6) is 0. The summed E-state index contributed by atoms with van der Waals surface area (Å²) in [7, 11) is 0. The quantitative estimate of drug-likeness (QED) is 0.883. The van der Waals surface area contributed by atoms with Gasteiger partial charge in [0.1, 0.15) is 0 Å². The Morgan fingerprint density at radius 2 is 1.78 bits per heavy atom. The Morgan fingerprint density at radius 3 is 2.39 bits per heavy atom. The first kappa shape index (κ1) is 13.5. The smallest absolute Gasteiger partial charge is 0.0594 e. The molecular weight excluding hydrogens is 224 g/mol. The van der Waals surface area contributed by atoms with Crippen molar-refractivity contribution in [3.05, 3.63) is 35.4 Å². The van der Waals surface area contributed by atoms with Gasteiger partial charge >= 0.3 is 0 Å². The highest BCUT2D eigenvalue weighted by Crippen LogP contribution is 2.17. The summed E-state index contributed by atoms with van der Waals surface area (Å²) in [6.45, 7) is 8.93. The predicted octanol–water partition coefficient (Wildman–Crippen LogP) is 1.80. The number of ether oxygens (including phenoxy) is 1. The number of rotatable bonds is 4. The fourth-order valence-electron chi connectivity index (χ4n) is 2.38. The minimum atomic E-state index is -0.152. The van der Waals surface area contributed by atoms with Crippen LogP contribution in [0.4, 0.5) is 0 Å². The lowest BCUT2D eigenvalue weighted by molar-refractivity contribution is 0.0340. The number of morpholine rings is 1. The molecule has 0 unspecified atom stereocenters. The van der Waals surface area contributed by atoms with Crippen molar-refractivity contribution >= 4 is 0 Å². The first-order valence-corrected chi connectivity index (χ1v) is 6.70. The molecule has 100 valence electrons. The summed E-state index contributed by atoms with van der Waals surface area (Å²) >= 11 is 0. The SMILES string of the molecule is CC(C)(N)Cc1ccccc1CN1CCOCC1. The van der Waals surface area contributed by atoms with Crippen molar-refractivity contribution in [2.24, 2.45) is 5.73 Å². The van der Waals surface area contributed by atoms with E-state index in [0.29, 0.717) is 0 Å². The van der Waals surface area contributed by atoms with Crippen molar-refractivity contribution in [1.29, 1.82) is 0 Å². The van der Waals surface area contributed by atoms with Crippen LogP contribution in [0.2, 0.25) is 0 Å². The average molecular weight is 248 g/mol. The molecule has 3 nitrogen and oxygen atoms in total. The van der Waals surface area contributed by atoms with E-state index >= 15 is 0 Å². The van der Waals surface area contributed by atoms with Gasteiger partial charge in [-0.1, -0.05) is 24.3 Å². The fourth-order valence-corrected chi connectivity index (χ4v) is 2.38. The van der Waals surface area contributed by atoms with E-state index in [1.807, 2.05) is 0 Å². The molecule has 1 saturated heterocycles. The van der Waals surface area contributed by atoms with E-state index < -0.39 is 0 Å². The first-order chi connectivity index (χ1) is 8.54. The summed E-state index contributed by atoms with van der Waals surface area (Å²) in [6, 6.07) is 8.63. The van der Waals surface area contributed by atoms with Gasteiger partial charge in [-0.25, -0.2) is 0 Å². The van der Waals surface area contributed by atoms with E-state index in [1.165, 1.54) is 11.1 Å². The number of nitrogens with zero attached hydrogens (tertiary/aromatic N) is 1. The Labute approximate surface area is 110 Å². The van der Waals surface area contributed by atoms with E-state index in [9.17, 15) is 0 Å². The Hall–Kier alpha value is -0.900. The molecule has 2 N–H and O–H groups in total. The fraction of sp³-hybridized carbons (Fsp3) is 0.600. The van der Waals surface area contributed by atoms with Crippen LogP contribution in [0.3, 0.4) is 0 Å². The predicted molar refractivity (Wildman–Crippen MR) is 74.5 cm³/mol. The summed E-state index contributed by atoms with van der Waals surface area (Å²) in [5, 5.41) is 0. The second-order valence-corrected chi connectivity index (χ2v) is 5.82. The van der Waals surface area contributed by atoms with Crippen LogP contribution in [0.1, 0.15) is 25.0 Å². The van der Waals surface area contributed by atoms with Gasteiger partial charge in [0.05, 0.1) is 13.2 Å². The molecule has 0 aromatic heterocycles. The van der Waals surface area contributed by atoms with E-state index in [1.54, 1.807) is 0 Å². The van der Waals surface area contributed by atoms with Crippen LogP contribution in [-0.2, 0) is 17.7 Å². The third kappa shape index (κ3) is 4.09. The van der Waals surface area contributed by atoms with Crippen molar-refractivity contribution < 1.29 is 4.74 Å². The minimum Gasteiger partial charge on any atom is -0.379 e. The molecule has 1 aliphatic heterocycles. The third-order valence-corrected chi connectivity index (χ3v) is 3.26. The van der Waals surface area contributed by atoms with Crippen LogP contribution in [0.5, 0.6) is 0 Å². The monoisotopic (exact) mass is 248 g/mol. The van der Waals surface area contributed by atoms with Crippen LogP contribution >= 0.6 is 0 Å². The molecule has 1 aliphatic rings. The lowest BCUT2D eigenvalue weighted by atomic mass is 9.93. The second kappa shape index (κ2) is 5.83. The topological polar surface area (TPSA) is 38.5 Å². The molecule has 1 heterocycles. The van der Waals surface area contributed by atoms with E-state index in [0.717, 1.165) is 39.3 Å². The Kier molecular flexibility index (Phi) is 4.38. The molecule has 3 heteroatoms. The van der Waals surface area contributed by atoms with Gasteiger partial charge in [-0.2, -0.15) is 0 Å². The van der Waals surface area contributed by atoms with Crippen LogP contribution in [0.25, 0.3) is 0 Å². The van der Waals surface area contributed by atoms with Crippen LogP contribution in [0, 0.1) is 0 Å². The van der Waals surface area contributed by atoms with Gasteiger partial charge in [-0.15, -0.1) is 0 Å². The van der Waals surface area contributed by atoms with Gasteiger partial charge in [-0.3, -0.25) is 4.90 Å².